The van der Waals surface area contributed by atoms with E-state index in [1.807, 2.05) is 79.7 Å². The number of aliphatic hydroxyl groups is 1. The number of methoxy groups -OCH3 is 1. The minimum absolute atomic E-state index is 0.0273. The first-order chi connectivity index (χ1) is 20.6. The molecule has 2 aliphatic rings. The van der Waals surface area contributed by atoms with Crippen molar-refractivity contribution < 1.29 is 28.3 Å². The topological polar surface area (TPSA) is 79.3 Å². The second kappa shape index (κ2) is 13.0. The fourth-order valence-corrected chi connectivity index (χ4v) is 8.31. The first kappa shape index (κ1) is 30.9. The number of amides is 2. The van der Waals surface area contributed by atoms with Crippen LogP contribution >= 0.6 is 0 Å². The summed E-state index contributed by atoms with van der Waals surface area (Å²) in [4.78, 5) is 30.1. The Bertz CT molecular complexity index is 1450. The summed E-state index contributed by atoms with van der Waals surface area (Å²) < 4.78 is 28.7. The number of aliphatic hydroxyl groups excluding tert-OH is 1. The third kappa shape index (κ3) is 6.54. The van der Waals surface area contributed by atoms with E-state index in [-0.39, 0.29) is 37.3 Å². The van der Waals surface area contributed by atoms with Crippen LogP contribution in [0.4, 0.5) is 15.5 Å². The van der Waals surface area contributed by atoms with Gasteiger partial charge in [-0.05, 0) is 54.9 Å². The lowest BCUT2D eigenvalue weighted by Gasteiger charge is -2.43. The number of carbonyl (C=O) groups is 2. The van der Waals surface area contributed by atoms with Gasteiger partial charge in [-0.15, -0.1) is 0 Å². The van der Waals surface area contributed by atoms with Gasteiger partial charge in [0.15, 0.2) is 0 Å². The van der Waals surface area contributed by atoms with E-state index in [0.29, 0.717) is 25.1 Å². The molecule has 2 amide bonds. The Hall–Kier alpha value is -3.53. The smallest absolute Gasteiger partial charge is 0.248 e. The van der Waals surface area contributed by atoms with Crippen LogP contribution in [0.2, 0.25) is 18.6 Å². The standard InChI is InChI=1S/C34H41FN2O5Si/c1-23-33(41-2)27-20-26(37-28-13-9-8-12-25(28)14-17-31(37)39)15-16-29(27)42-34(23)30(43(3,4)35)21-32(40)36(18-19-38)22-24-10-6-5-7-11-24/h5-13,15-16,20,23,30,33-34,38H,14,17-19,21-22H2,1-4H3/t23-,30?,33-,34-/m1/s1. The van der Waals surface area contributed by atoms with Gasteiger partial charge >= 0.3 is 0 Å². The highest BCUT2D eigenvalue weighted by atomic mass is 28.4. The molecule has 1 N–H and O–H groups in total. The zero-order valence-corrected chi connectivity index (χ0v) is 26.3. The molecule has 7 nitrogen and oxygen atoms in total. The Labute approximate surface area is 254 Å². The fraction of sp³-hybridized carbons (Fsp3) is 0.412. The summed E-state index contributed by atoms with van der Waals surface area (Å²) in [5.74, 6) is 0.123. The molecule has 0 spiro atoms. The second-order valence-corrected chi connectivity index (χ2v) is 15.9. The van der Waals surface area contributed by atoms with Crippen molar-refractivity contribution in [3.63, 3.8) is 0 Å². The number of ether oxygens (including phenoxy) is 2. The second-order valence-electron chi connectivity index (χ2n) is 12.1. The average molecular weight is 605 g/mol. The van der Waals surface area contributed by atoms with E-state index in [2.05, 4.69) is 0 Å². The molecule has 0 radical (unpaired) electrons. The number of hydrogen-bond acceptors (Lipinski definition) is 5. The first-order valence-electron chi connectivity index (χ1n) is 15.0. The van der Waals surface area contributed by atoms with Gasteiger partial charge < -0.3 is 23.6 Å². The maximum atomic E-state index is 16.1. The van der Waals surface area contributed by atoms with E-state index in [0.717, 1.165) is 28.1 Å². The highest BCUT2D eigenvalue weighted by Crippen LogP contribution is 2.49. The van der Waals surface area contributed by atoms with E-state index in [1.165, 1.54) is 0 Å². The normalized spacial score (nSPS) is 20.6. The molecule has 0 bridgehead atoms. The predicted molar refractivity (Wildman–Crippen MR) is 168 cm³/mol. The van der Waals surface area contributed by atoms with Crippen LogP contribution in [0, 0.1) is 5.92 Å². The third-order valence-electron chi connectivity index (χ3n) is 8.77. The number of rotatable bonds is 10. The maximum absolute atomic E-state index is 16.1. The van der Waals surface area contributed by atoms with Crippen LogP contribution in [-0.2, 0) is 27.3 Å². The molecule has 2 heterocycles. The molecule has 3 aromatic rings. The van der Waals surface area contributed by atoms with Crippen molar-refractivity contribution in [3.8, 4) is 5.75 Å². The minimum Gasteiger partial charge on any atom is -0.490 e. The minimum atomic E-state index is -3.43. The molecule has 3 aromatic carbocycles. The van der Waals surface area contributed by atoms with Gasteiger partial charge in [-0.3, -0.25) is 14.5 Å². The van der Waals surface area contributed by atoms with Crippen LogP contribution in [0.3, 0.4) is 0 Å². The lowest BCUT2D eigenvalue weighted by atomic mass is 9.86. The molecule has 1 unspecified atom stereocenters. The molecule has 43 heavy (non-hydrogen) atoms. The summed E-state index contributed by atoms with van der Waals surface area (Å²) in [6.45, 7) is 5.54. The molecular formula is C34H41FN2O5Si. The number of hydrogen-bond donors (Lipinski definition) is 1. The van der Waals surface area contributed by atoms with Gasteiger partial charge in [-0.25, -0.2) is 0 Å². The monoisotopic (exact) mass is 604 g/mol. The zero-order chi connectivity index (χ0) is 30.7. The third-order valence-corrected chi connectivity index (χ3v) is 11.1. The summed E-state index contributed by atoms with van der Waals surface area (Å²) >= 11 is 0. The van der Waals surface area contributed by atoms with Gasteiger partial charge in [0.05, 0.1) is 18.4 Å². The van der Waals surface area contributed by atoms with Gasteiger partial charge in [0, 0.05) is 55.8 Å². The van der Waals surface area contributed by atoms with Crippen molar-refractivity contribution in [3.05, 3.63) is 89.5 Å². The summed E-state index contributed by atoms with van der Waals surface area (Å²) in [5, 5.41) is 9.69. The van der Waals surface area contributed by atoms with Crippen LogP contribution in [0.25, 0.3) is 0 Å². The largest absolute Gasteiger partial charge is 0.490 e. The van der Waals surface area contributed by atoms with Crippen LogP contribution in [0.5, 0.6) is 5.75 Å². The van der Waals surface area contributed by atoms with Crippen molar-refractivity contribution >= 4 is 31.6 Å². The molecular weight excluding hydrogens is 563 g/mol. The first-order valence-corrected chi connectivity index (χ1v) is 17.9. The van der Waals surface area contributed by atoms with E-state index >= 15 is 4.11 Å². The summed E-state index contributed by atoms with van der Waals surface area (Å²) in [5.41, 5.74) is 3.83. The van der Waals surface area contributed by atoms with Gasteiger partial charge in [0.25, 0.3) is 0 Å². The highest BCUT2D eigenvalue weighted by molar-refractivity contribution is 6.72. The number of carbonyl (C=O) groups excluding carboxylic acids is 2. The molecule has 0 fully saturated rings. The van der Waals surface area contributed by atoms with Crippen molar-refractivity contribution in [2.45, 2.75) is 63.6 Å². The van der Waals surface area contributed by atoms with Gasteiger partial charge in [-0.1, -0.05) is 55.5 Å². The molecule has 2 aliphatic heterocycles. The number of nitrogens with zero attached hydrogens (tertiary/aromatic N) is 2. The molecule has 0 aromatic heterocycles. The summed E-state index contributed by atoms with van der Waals surface area (Å²) in [6, 6.07) is 23.1. The van der Waals surface area contributed by atoms with Crippen molar-refractivity contribution in [2.75, 3.05) is 25.2 Å². The van der Waals surface area contributed by atoms with E-state index in [4.69, 9.17) is 9.47 Å². The van der Waals surface area contributed by atoms with Crippen molar-refractivity contribution in [1.82, 2.24) is 4.90 Å². The van der Waals surface area contributed by atoms with E-state index in [1.54, 1.807) is 30.0 Å². The lowest BCUT2D eigenvalue weighted by molar-refractivity contribution is -0.133. The van der Waals surface area contributed by atoms with Gasteiger partial charge in [0.1, 0.15) is 11.9 Å². The molecule has 5 rings (SSSR count). The predicted octanol–water partition coefficient (Wildman–Crippen LogP) is 6.34. The highest BCUT2D eigenvalue weighted by Gasteiger charge is 2.49. The molecule has 0 aliphatic carbocycles. The molecule has 228 valence electrons. The quantitative estimate of drug-likeness (QED) is 0.216. The Morgan fingerprint density at radius 2 is 1.84 bits per heavy atom. The fourth-order valence-electron chi connectivity index (χ4n) is 6.50. The van der Waals surface area contributed by atoms with Gasteiger partial charge in [-0.2, -0.15) is 0 Å². The number of halogens is 1. The Morgan fingerprint density at radius 3 is 2.53 bits per heavy atom. The Morgan fingerprint density at radius 1 is 1.12 bits per heavy atom. The lowest BCUT2D eigenvalue weighted by Crippen LogP contribution is -2.48. The summed E-state index contributed by atoms with van der Waals surface area (Å²) in [7, 11) is -1.81. The number of para-hydroxylation sites is 1. The van der Waals surface area contributed by atoms with Gasteiger partial charge in [0.2, 0.25) is 20.2 Å². The van der Waals surface area contributed by atoms with Crippen LogP contribution in [0.1, 0.15) is 42.6 Å². The van der Waals surface area contributed by atoms with Crippen molar-refractivity contribution in [1.29, 1.82) is 0 Å². The SMILES string of the molecule is CO[C@H]1c2cc(N3C(=O)CCc4ccccc43)ccc2O[C@@H](C(CC(=O)N(CCO)Cc2ccccc2)[Si](C)(C)F)[C@@H]1C. The molecule has 4 atom stereocenters. The molecule has 9 heteroatoms. The Kier molecular flexibility index (Phi) is 9.34. The van der Waals surface area contributed by atoms with Crippen LogP contribution in [-0.4, -0.2) is 56.6 Å². The molecule has 0 saturated carbocycles. The molecule has 0 saturated heterocycles. The van der Waals surface area contributed by atoms with Crippen molar-refractivity contribution in [2.24, 2.45) is 5.92 Å². The van der Waals surface area contributed by atoms with Crippen LogP contribution < -0.4 is 9.64 Å². The van der Waals surface area contributed by atoms with Crippen LogP contribution in [0.15, 0.2) is 72.8 Å². The Balaban J connectivity index is 1.43. The number of aryl methyl sites for hydroxylation is 1. The maximum Gasteiger partial charge on any atom is 0.248 e. The number of fused-ring (bicyclic) bond motifs is 2. The average Bonchev–Trinajstić information content (AvgIpc) is 2.99. The number of anilines is 2. The zero-order valence-electron chi connectivity index (χ0n) is 25.3. The number of benzene rings is 3. The summed E-state index contributed by atoms with van der Waals surface area (Å²) in [6.07, 6.45) is 0.101. The van der Waals surface area contributed by atoms with E-state index < -0.39 is 26.2 Å². The van der Waals surface area contributed by atoms with E-state index in [9.17, 15) is 14.7 Å².